The maximum atomic E-state index is 12.2. The van der Waals surface area contributed by atoms with Crippen molar-refractivity contribution >= 4 is 66.6 Å². The molecule has 3 aromatic carbocycles. The van der Waals surface area contributed by atoms with E-state index in [-0.39, 0.29) is 12.5 Å². The Morgan fingerprint density at radius 2 is 1.96 bits per heavy atom. The summed E-state index contributed by atoms with van der Waals surface area (Å²) in [6, 6.07) is 16.9. The Hall–Kier alpha value is -2.34. The first-order chi connectivity index (χ1) is 12.6. The number of amides is 1. The molecule has 0 saturated carbocycles. The number of anilines is 1. The molecule has 26 heavy (non-hydrogen) atoms. The third-order valence-electron chi connectivity index (χ3n) is 3.78. The second-order valence-corrected chi connectivity index (χ2v) is 7.44. The highest BCUT2D eigenvalue weighted by Crippen LogP contribution is 2.32. The zero-order valence-electron chi connectivity index (χ0n) is 13.3. The lowest BCUT2D eigenvalue weighted by Gasteiger charge is -2.07. The van der Waals surface area contributed by atoms with Crippen LogP contribution in [0.15, 0.2) is 54.6 Å². The van der Waals surface area contributed by atoms with Crippen LogP contribution in [0.5, 0.6) is 5.75 Å². The predicted octanol–water partition coefficient (Wildman–Crippen LogP) is 5.77. The van der Waals surface area contributed by atoms with Gasteiger partial charge in [0, 0.05) is 10.4 Å². The maximum Gasteiger partial charge on any atom is 0.264 e. The van der Waals surface area contributed by atoms with Gasteiger partial charge in [0.05, 0.1) is 15.2 Å². The number of carbonyl (C=O) groups excluding carboxylic acids is 1. The standard InChI is InChI=1S/C19H12Cl2N2O2S/c20-12-6-7-15(14(21)9-12)25-10-17(24)22-19-23-18-13-4-2-1-3-11(13)5-8-16(18)26-19/h1-9H,10H2,(H,22,23,24). The SMILES string of the molecule is O=C(COc1ccc(Cl)cc1Cl)Nc1nc2c(ccc3ccccc32)s1. The van der Waals surface area contributed by atoms with Gasteiger partial charge in [-0.1, -0.05) is 64.9 Å². The van der Waals surface area contributed by atoms with Crippen molar-refractivity contribution in [2.45, 2.75) is 0 Å². The summed E-state index contributed by atoms with van der Waals surface area (Å²) in [5, 5.41) is 6.35. The average Bonchev–Trinajstić information content (AvgIpc) is 3.04. The molecule has 0 bridgehead atoms. The number of nitrogens with zero attached hydrogens (tertiary/aromatic N) is 1. The highest BCUT2D eigenvalue weighted by molar-refractivity contribution is 7.22. The van der Waals surface area contributed by atoms with Crippen LogP contribution in [0, 0.1) is 0 Å². The Bertz CT molecular complexity index is 1130. The minimum absolute atomic E-state index is 0.169. The van der Waals surface area contributed by atoms with Gasteiger partial charge in [-0.15, -0.1) is 0 Å². The van der Waals surface area contributed by atoms with Gasteiger partial charge >= 0.3 is 0 Å². The van der Waals surface area contributed by atoms with Crippen molar-refractivity contribution in [3.63, 3.8) is 0 Å². The van der Waals surface area contributed by atoms with Crippen LogP contribution in [-0.4, -0.2) is 17.5 Å². The molecule has 1 N–H and O–H groups in total. The molecule has 130 valence electrons. The highest BCUT2D eigenvalue weighted by Gasteiger charge is 2.11. The summed E-state index contributed by atoms with van der Waals surface area (Å²) in [6.07, 6.45) is 0. The maximum absolute atomic E-state index is 12.2. The molecule has 0 spiro atoms. The molecule has 0 aliphatic rings. The molecule has 1 aromatic heterocycles. The van der Waals surface area contributed by atoms with Crippen LogP contribution in [-0.2, 0) is 4.79 Å². The van der Waals surface area contributed by atoms with Crippen LogP contribution in [0.1, 0.15) is 0 Å². The Morgan fingerprint density at radius 3 is 2.81 bits per heavy atom. The Balaban J connectivity index is 1.50. The number of nitrogens with one attached hydrogen (secondary N) is 1. The van der Waals surface area contributed by atoms with E-state index in [9.17, 15) is 4.79 Å². The highest BCUT2D eigenvalue weighted by atomic mass is 35.5. The van der Waals surface area contributed by atoms with Gasteiger partial charge in [0.25, 0.3) is 5.91 Å². The van der Waals surface area contributed by atoms with Gasteiger partial charge in [-0.3, -0.25) is 10.1 Å². The van der Waals surface area contributed by atoms with Gasteiger partial charge < -0.3 is 4.74 Å². The number of hydrogen-bond acceptors (Lipinski definition) is 4. The smallest absolute Gasteiger partial charge is 0.264 e. The second kappa shape index (κ2) is 7.11. The van der Waals surface area contributed by atoms with E-state index < -0.39 is 0 Å². The van der Waals surface area contributed by atoms with Gasteiger partial charge in [-0.2, -0.15) is 0 Å². The number of halogens is 2. The van der Waals surface area contributed by atoms with Crippen LogP contribution < -0.4 is 10.1 Å². The van der Waals surface area contributed by atoms with Crippen molar-refractivity contribution in [1.82, 2.24) is 4.98 Å². The molecule has 1 amide bonds. The van der Waals surface area contributed by atoms with Crippen LogP contribution in [0.3, 0.4) is 0 Å². The van der Waals surface area contributed by atoms with E-state index in [1.165, 1.54) is 11.3 Å². The molecular formula is C19H12Cl2N2O2S. The largest absolute Gasteiger partial charge is 0.482 e. The number of aromatic nitrogens is 1. The van der Waals surface area contributed by atoms with Crippen molar-refractivity contribution in [1.29, 1.82) is 0 Å². The minimum atomic E-state index is -0.306. The van der Waals surface area contributed by atoms with E-state index in [2.05, 4.69) is 10.3 Å². The first kappa shape index (κ1) is 17.1. The fourth-order valence-corrected chi connectivity index (χ4v) is 3.97. The summed E-state index contributed by atoms with van der Waals surface area (Å²) in [5.41, 5.74) is 0.880. The van der Waals surface area contributed by atoms with Gasteiger partial charge in [-0.05, 0) is 29.7 Å². The van der Waals surface area contributed by atoms with Crippen molar-refractivity contribution in [3.8, 4) is 5.75 Å². The van der Waals surface area contributed by atoms with Gasteiger partial charge in [0.15, 0.2) is 11.7 Å². The first-order valence-electron chi connectivity index (χ1n) is 7.76. The lowest BCUT2D eigenvalue weighted by atomic mass is 10.1. The second-order valence-electron chi connectivity index (χ2n) is 5.56. The lowest BCUT2D eigenvalue weighted by Crippen LogP contribution is -2.20. The minimum Gasteiger partial charge on any atom is -0.482 e. The number of benzene rings is 3. The van der Waals surface area contributed by atoms with E-state index in [1.54, 1.807) is 18.2 Å². The number of hydrogen-bond donors (Lipinski definition) is 1. The Morgan fingerprint density at radius 1 is 1.12 bits per heavy atom. The summed E-state index contributed by atoms with van der Waals surface area (Å²) >= 11 is 13.3. The van der Waals surface area contributed by atoms with Gasteiger partial charge in [0.2, 0.25) is 0 Å². The molecule has 4 aromatic rings. The van der Waals surface area contributed by atoms with E-state index >= 15 is 0 Å². The van der Waals surface area contributed by atoms with Gasteiger partial charge in [-0.25, -0.2) is 4.98 Å². The number of thiazole rings is 1. The van der Waals surface area contributed by atoms with Gasteiger partial charge in [0.1, 0.15) is 5.75 Å². The van der Waals surface area contributed by atoms with E-state index in [0.29, 0.717) is 20.9 Å². The molecule has 0 aliphatic carbocycles. The summed E-state index contributed by atoms with van der Waals surface area (Å²) < 4.78 is 6.46. The fraction of sp³-hybridized carbons (Fsp3) is 0.0526. The molecule has 1 heterocycles. The molecule has 4 nitrogen and oxygen atoms in total. The topological polar surface area (TPSA) is 51.2 Å². The van der Waals surface area contributed by atoms with E-state index in [0.717, 1.165) is 21.0 Å². The zero-order chi connectivity index (χ0) is 18.1. The van der Waals surface area contributed by atoms with Crippen molar-refractivity contribution in [3.05, 3.63) is 64.6 Å². The van der Waals surface area contributed by atoms with Crippen molar-refractivity contribution in [2.24, 2.45) is 0 Å². The summed E-state index contributed by atoms with van der Waals surface area (Å²) in [4.78, 5) is 16.7. The molecule has 4 rings (SSSR count). The summed E-state index contributed by atoms with van der Waals surface area (Å²) in [6.45, 7) is -0.169. The van der Waals surface area contributed by atoms with Crippen molar-refractivity contribution in [2.75, 3.05) is 11.9 Å². The van der Waals surface area contributed by atoms with E-state index in [4.69, 9.17) is 27.9 Å². The quantitative estimate of drug-likeness (QED) is 0.470. The van der Waals surface area contributed by atoms with Crippen molar-refractivity contribution < 1.29 is 9.53 Å². The monoisotopic (exact) mass is 402 g/mol. The average molecular weight is 403 g/mol. The first-order valence-corrected chi connectivity index (χ1v) is 9.33. The molecule has 0 saturated heterocycles. The molecule has 0 aliphatic heterocycles. The summed E-state index contributed by atoms with van der Waals surface area (Å²) in [5.74, 6) is 0.0980. The Kier molecular flexibility index (Phi) is 4.68. The number of ether oxygens (including phenoxy) is 1. The lowest BCUT2D eigenvalue weighted by molar-refractivity contribution is -0.118. The fourth-order valence-electron chi connectivity index (χ4n) is 2.61. The Labute approximate surface area is 163 Å². The number of fused-ring (bicyclic) bond motifs is 3. The predicted molar refractivity (Wildman–Crippen MR) is 108 cm³/mol. The summed E-state index contributed by atoms with van der Waals surface area (Å²) in [7, 11) is 0. The number of carbonyl (C=O) groups is 1. The van der Waals surface area contributed by atoms with Crippen LogP contribution in [0.4, 0.5) is 5.13 Å². The molecular weight excluding hydrogens is 391 g/mol. The van der Waals surface area contributed by atoms with Crippen LogP contribution in [0.25, 0.3) is 21.0 Å². The third kappa shape index (κ3) is 3.46. The van der Waals surface area contributed by atoms with Crippen LogP contribution >= 0.6 is 34.5 Å². The molecule has 0 atom stereocenters. The molecule has 7 heteroatoms. The molecule has 0 radical (unpaired) electrons. The third-order valence-corrected chi connectivity index (χ3v) is 5.25. The molecule has 0 unspecified atom stereocenters. The normalized spacial score (nSPS) is 11.0. The van der Waals surface area contributed by atoms with E-state index in [1.807, 2.05) is 36.4 Å². The van der Waals surface area contributed by atoms with Crippen LogP contribution in [0.2, 0.25) is 10.0 Å². The molecule has 0 fully saturated rings. The number of rotatable bonds is 4. The zero-order valence-corrected chi connectivity index (χ0v) is 15.7.